The first-order valence-corrected chi connectivity index (χ1v) is 8.65. The molecule has 6 nitrogen and oxygen atoms in total. The van der Waals surface area contributed by atoms with Gasteiger partial charge in [0.1, 0.15) is 12.0 Å². The van der Waals surface area contributed by atoms with Crippen LogP contribution in [-0.2, 0) is 0 Å². The summed E-state index contributed by atoms with van der Waals surface area (Å²) in [7, 11) is 0. The minimum Gasteiger partial charge on any atom is -0.368 e. The zero-order chi connectivity index (χ0) is 16.8. The summed E-state index contributed by atoms with van der Waals surface area (Å²) in [6.45, 7) is 9.58. The fraction of sp³-hybridized carbons (Fsp3) is 0.706. The van der Waals surface area contributed by atoms with Gasteiger partial charge in [-0.2, -0.15) is 0 Å². The number of rotatable bonds is 8. The highest BCUT2D eigenvalue weighted by Crippen LogP contribution is 2.24. The van der Waals surface area contributed by atoms with Crippen LogP contribution in [0.5, 0.6) is 0 Å². The number of anilines is 1. The molecule has 23 heavy (non-hydrogen) atoms. The third kappa shape index (κ3) is 4.41. The summed E-state index contributed by atoms with van der Waals surface area (Å²) in [5.74, 6) is 1.42. The molecule has 1 N–H and O–H groups in total. The van der Waals surface area contributed by atoms with Gasteiger partial charge < -0.3 is 5.32 Å². The van der Waals surface area contributed by atoms with Crippen LogP contribution in [0.3, 0.4) is 0 Å². The summed E-state index contributed by atoms with van der Waals surface area (Å²) in [4.78, 5) is 17.2. The largest absolute Gasteiger partial charge is 0.368 e. The van der Waals surface area contributed by atoms with E-state index in [0.717, 1.165) is 17.9 Å². The number of hydrogen-bond donors (Lipinski definition) is 1. The van der Waals surface area contributed by atoms with Crippen molar-refractivity contribution >= 4 is 11.5 Å². The van der Waals surface area contributed by atoms with Gasteiger partial charge in [0.2, 0.25) is 0 Å². The molecule has 0 aromatic carbocycles. The molecule has 0 amide bonds. The van der Waals surface area contributed by atoms with E-state index < -0.39 is 4.92 Å². The first-order chi connectivity index (χ1) is 11.1. The molecule has 1 atom stereocenters. The summed E-state index contributed by atoms with van der Waals surface area (Å²) < 4.78 is 0. The lowest BCUT2D eigenvalue weighted by molar-refractivity contribution is -0.385. The Labute approximate surface area is 138 Å². The van der Waals surface area contributed by atoms with Gasteiger partial charge in [0.25, 0.3) is 5.69 Å². The lowest BCUT2D eigenvalue weighted by atomic mass is 9.93. The topological polar surface area (TPSA) is 71.3 Å². The molecule has 1 aromatic heterocycles. The Morgan fingerprint density at radius 2 is 2.00 bits per heavy atom. The average molecular weight is 320 g/mol. The summed E-state index contributed by atoms with van der Waals surface area (Å²) in [6, 6.07) is 2.08. The van der Waals surface area contributed by atoms with E-state index >= 15 is 0 Å². The number of nitro groups is 1. The number of aromatic nitrogens is 1. The van der Waals surface area contributed by atoms with Gasteiger partial charge in [-0.3, -0.25) is 15.0 Å². The maximum absolute atomic E-state index is 10.8. The Balaban J connectivity index is 2.06. The molecule has 1 aliphatic heterocycles. The van der Waals surface area contributed by atoms with E-state index in [4.69, 9.17) is 0 Å². The summed E-state index contributed by atoms with van der Waals surface area (Å²) >= 11 is 0. The van der Waals surface area contributed by atoms with Crippen molar-refractivity contribution in [3.8, 4) is 0 Å². The molecular weight excluding hydrogens is 292 g/mol. The number of hydrogen-bond acceptors (Lipinski definition) is 5. The second-order valence-corrected chi connectivity index (χ2v) is 6.38. The van der Waals surface area contributed by atoms with Crippen molar-refractivity contribution in [2.24, 2.45) is 5.92 Å². The van der Waals surface area contributed by atoms with Crippen LogP contribution in [0, 0.1) is 23.0 Å². The third-order valence-corrected chi connectivity index (χ3v) is 4.96. The van der Waals surface area contributed by atoms with Crippen molar-refractivity contribution in [1.82, 2.24) is 9.88 Å². The highest BCUT2D eigenvalue weighted by Gasteiger charge is 2.27. The number of pyridine rings is 1. The molecule has 2 rings (SSSR count). The Bertz CT molecular complexity index is 523. The smallest absolute Gasteiger partial charge is 0.287 e. The molecule has 128 valence electrons. The van der Waals surface area contributed by atoms with Crippen LogP contribution in [-0.4, -0.2) is 40.5 Å². The van der Waals surface area contributed by atoms with Crippen LogP contribution in [0.1, 0.15) is 45.1 Å². The summed E-state index contributed by atoms with van der Waals surface area (Å²) in [5.41, 5.74) is 0.869. The first-order valence-electron chi connectivity index (χ1n) is 8.65. The van der Waals surface area contributed by atoms with Gasteiger partial charge in [-0.05, 0) is 44.3 Å². The minimum absolute atomic E-state index is 0.0455. The fourth-order valence-electron chi connectivity index (χ4n) is 3.55. The molecular formula is C17H28N4O2. The fourth-order valence-corrected chi connectivity index (χ4v) is 3.55. The van der Waals surface area contributed by atoms with Crippen molar-refractivity contribution in [1.29, 1.82) is 0 Å². The van der Waals surface area contributed by atoms with Crippen LogP contribution in [0.2, 0.25) is 0 Å². The number of nitrogens with one attached hydrogen (secondary N) is 1. The van der Waals surface area contributed by atoms with Crippen molar-refractivity contribution in [2.75, 3.05) is 25.0 Å². The number of aryl methyl sites for hydroxylation is 1. The van der Waals surface area contributed by atoms with Crippen LogP contribution in [0.4, 0.5) is 11.5 Å². The van der Waals surface area contributed by atoms with Crippen molar-refractivity contribution in [2.45, 2.75) is 52.5 Å². The quantitative estimate of drug-likeness (QED) is 0.585. The lowest BCUT2D eigenvalue weighted by Crippen LogP contribution is -2.43. The van der Waals surface area contributed by atoms with Crippen LogP contribution in [0.25, 0.3) is 0 Å². The Kier molecular flexibility index (Phi) is 6.33. The predicted octanol–water partition coefficient (Wildman–Crippen LogP) is 3.61. The Morgan fingerprint density at radius 3 is 2.52 bits per heavy atom. The van der Waals surface area contributed by atoms with Gasteiger partial charge in [-0.1, -0.05) is 26.7 Å². The van der Waals surface area contributed by atoms with Gasteiger partial charge in [0.15, 0.2) is 0 Å². The minimum atomic E-state index is -0.402. The normalized spacial score (nSPS) is 16.7. The van der Waals surface area contributed by atoms with Crippen molar-refractivity contribution in [3.63, 3.8) is 0 Å². The summed E-state index contributed by atoms with van der Waals surface area (Å²) in [6.07, 6.45) is 6.24. The standard InChI is InChI=1S/C17H28N4O2/c1-4-14(5-2)16(20-8-6-7-9-20)12-19-17-13(3)10-15(11-18-17)21(22)23/h10-11,14,16H,4-9,12H2,1-3H3,(H,18,19). The van der Waals surface area contributed by atoms with E-state index in [-0.39, 0.29) is 5.69 Å². The molecule has 0 aliphatic carbocycles. The van der Waals surface area contributed by atoms with E-state index in [1.165, 1.54) is 45.0 Å². The molecule has 0 radical (unpaired) electrons. The first kappa shape index (κ1) is 17.7. The second-order valence-electron chi connectivity index (χ2n) is 6.38. The molecule has 1 aliphatic rings. The molecule has 0 saturated carbocycles. The lowest BCUT2D eigenvalue weighted by Gasteiger charge is -2.34. The SMILES string of the molecule is CCC(CC)C(CNc1ncc([N+](=O)[O-])cc1C)N1CCCC1. The van der Waals surface area contributed by atoms with Gasteiger partial charge in [0, 0.05) is 18.7 Å². The third-order valence-electron chi connectivity index (χ3n) is 4.96. The Hall–Kier alpha value is -1.69. The van der Waals surface area contributed by atoms with E-state index in [9.17, 15) is 10.1 Å². The van der Waals surface area contributed by atoms with Gasteiger partial charge in [-0.25, -0.2) is 4.98 Å². The molecule has 1 saturated heterocycles. The van der Waals surface area contributed by atoms with Gasteiger partial charge in [-0.15, -0.1) is 0 Å². The average Bonchev–Trinajstić information content (AvgIpc) is 3.06. The van der Waals surface area contributed by atoms with E-state index in [1.54, 1.807) is 6.07 Å². The maximum Gasteiger partial charge on any atom is 0.287 e. The molecule has 1 aromatic rings. The molecule has 2 heterocycles. The number of nitrogens with zero attached hydrogens (tertiary/aromatic N) is 3. The van der Waals surface area contributed by atoms with E-state index in [2.05, 4.69) is 29.0 Å². The maximum atomic E-state index is 10.8. The molecule has 6 heteroatoms. The van der Waals surface area contributed by atoms with Crippen LogP contribution in [0.15, 0.2) is 12.3 Å². The predicted molar refractivity (Wildman–Crippen MR) is 92.8 cm³/mol. The summed E-state index contributed by atoms with van der Waals surface area (Å²) in [5, 5.41) is 14.2. The second kappa shape index (κ2) is 8.24. The number of likely N-dealkylation sites (tertiary alicyclic amines) is 1. The zero-order valence-electron chi connectivity index (χ0n) is 14.4. The molecule has 0 spiro atoms. The zero-order valence-corrected chi connectivity index (χ0v) is 14.4. The van der Waals surface area contributed by atoms with Crippen molar-refractivity contribution in [3.05, 3.63) is 27.9 Å². The van der Waals surface area contributed by atoms with E-state index in [1.807, 2.05) is 6.92 Å². The van der Waals surface area contributed by atoms with Gasteiger partial charge >= 0.3 is 0 Å². The highest BCUT2D eigenvalue weighted by atomic mass is 16.6. The monoisotopic (exact) mass is 320 g/mol. The highest BCUT2D eigenvalue weighted by molar-refractivity contribution is 5.48. The van der Waals surface area contributed by atoms with Crippen LogP contribution >= 0.6 is 0 Å². The molecule has 1 fully saturated rings. The van der Waals surface area contributed by atoms with Crippen molar-refractivity contribution < 1.29 is 4.92 Å². The van der Waals surface area contributed by atoms with Gasteiger partial charge in [0.05, 0.1) is 4.92 Å². The Morgan fingerprint density at radius 1 is 1.35 bits per heavy atom. The van der Waals surface area contributed by atoms with Crippen LogP contribution < -0.4 is 5.32 Å². The van der Waals surface area contributed by atoms with E-state index in [0.29, 0.717) is 12.0 Å². The molecule has 0 bridgehead atoms. The molecule has 1 unspecified atom stereocenters.